The fourth-order valence-corrected chi connectivity index (χ4v) is 4.01. The minimum atomic E-state index is -3.30. The Morgan fingerprint density at radius 3 is 2.92 bits per heavy atom. The third kappa shape index (κ3) is 3.35. The number of rotatable bonds is 4. The molecule has 0 saturated carbocycles. The van der Waals surface area contributed by atoms with Gasteiger partial charge in [0.05, 0.1) is 11.9 Å². The summed E-state index contributed by atoms with van der Waals surface area (Å²) in [6, 6.07) is 0. The molecular formula is C15H21N5O3S. The van der Waals surface area contributed by atoms with E-state index in [4.69, 9.17) is 0 Å². The Morgan fingerprint density at radius 2 is 2.25 bits per heavy atom. The molecule has 1 aliphatic rings. The Morgan fingerprint density at radius 1 is 1.46 bits per heavy atom. The van der Waals surface area contributed by atoms with Crippen LogP contribution in [0, 0.1) is 5.92 Å². The van der Waals surface area contributed by atoms with Gasteiger partial charge in [0, 0.05) is 38.8 Å². The van der Waals surface area contributed by atoms with Crippen molar-refractivity contribution in [2.24, 2.45) is 13.0 Å². The summed E-state index contributed by atoms with van der Waals surface area (Å²) >= 11 is 0. The number of amides is 1. The first-order valence-electron chi connectivity index (χ1n) is 7.85. The molecule has 1 saturated heterocycles. The monoisotopic (exact) mass is 351 g/mol. The molecule has 9 heteroatoms. The molecule has 1 atom stereocenters. The standard InChI is InChI=1S/C15H21N5O3S/c1-19-7-5-16-14(19)15(21)20-6-3-4-11(10-20)8-12-13(9-17-18-12)24(2,22)23/h5,7,9,11H,3-4,6,8,10H2,1-2H3,(H,17,18)/t11-/m0/s1. The van der Waals surface area contributed by atoms with Crippen LogP contribution in [-0.2, 0) is 23.3 Å². The highest BCUT2D eigenvalue weighted by Crippen LogP contribution is 2.24. The third-order valence-electron chi connectivity index (χ3n) is 4.39. The molecule has 1 aliphatic heterocycles. The number of nitrogens with one attached hydrogen (secondary N) is 1. The molecule has 1 N–H and O–H groups in total. The smallest absolute Gasteiger partial charge is 0.289 e. The highest BCUT2D eigenvalue weighted by molar-refractivity contribution is 7.90. The second kappa shape index (κ2) is 6.39. The van der Waals surface area contributed by atoms with Gasteiger partial charge >= 0.3 is 0 Å². The molecule has 0 spiro atoms. The SMILES string of the molecule is Cn1ccnc1C(=O)N1CCC[C@@H](Cc2[nH]ncc2S(C)(=O)=O)C1. The number of carbonyl (C=O) groups excluding carboxylic acids is 1. The highest BCUT2D eigenvalue weighted by atomic mass is 32.2. The molecule has 8 nitrogen and oxygen atoms in total. The van der Waals surface area contributed by atoms with Crippen molar-refractivity contribution in [3.05, 3.63) is 30.1 Å². The van der Waals surface area contributed by atoms with Crippen LogP contribution < -0.4 is 0 Å². The van der Waals surface area contributed by atoms with Crippen LogP contribution in [-0.4, -0.2) is 58.3 Å². The van der Waals surface area contributed by atoms with Crippen LogP contribution in [0.1, 0.15) is 29.2 Å². The van der Waals surface area contributed by atoms with Crippen LogP contribution in [0.25, 0.3) is 0 Å². The summed E-state index contributed by atoms with van der Waals surface area (Å²) in [5.74, 6) is 0.540. The predicted octanol–water partition coefficient (Wildman–Crippen LogP) is 0.642. The van der Waals surface area contributed by atoms with Crippen molar-refractivity contribution in [3.63, 3.8) is 0 Å². The zero-order chi connectivity index (χ0) is 17.3. The number of likely N-dealkylation sites (tertiary alicyclic amines) is 1. The molecule has 0 aromatic carbocycles. The van der Waals surface area contributed by atoms with Gasteiger partial charge in [-0.3, -0.25) is 9.89 Å². The van der Waals surface area contributed by atoms with Gasteiger partial charge in [-0.15, -0.1) is 0 Å². The quantitative estimate of drug-likeness (QED) is 0.871. The minimum absolute atomic E-state index is 0.0832. The average molecular weight is 351 g/mol. The van der Waals surface area contributed by atoms with Gasteiger partial charge in [-0.1, -0.05) is 0 Å². The second-order valence-electron chi connectivity index (χ2n) is 6.31. The van der Waals surface area contributed by atoms with Crippen LogP contribution in [0.15, 0.2) is 23.5 Å². The molecule has 3 rings (SSSR count). The van der Waals surface area contributed by atoms with Gasteiger partial charge in [0.15, 0.2) is 15.7 Å². The van der Waals surface area contributed by atoms with Gasteiger partial charge in [0.2, 0.25) is 0 Å². The van der Waals surface area contributed by atoms with Crippen molar-refractivity contribution in [2.45, 2.75) is 24.2 Å². The molecule has 3 heterocycles. The summed E-state index contributed by atoms with van der Waals surface area (Å²) in [4.78, 5) is 18.7. The summed E-state index contributed by atoms with van der Waals surface area (Å²) in [5, 5.41) is 6.65. The van der Waals surface area contributed by atoms with Crippen LogP contribution in [0.4, 0.5) is 0 Å². The molecule has 1 fully saturated rings. The number of imidazole rings is 1. The van der Waals surface area contributed by atoms with E-state index in [0.29, 0.717) is 31.0 Å². The number of aryl methyl sites for hydroxylation is 1. The normalized spacial score (nSPS) is 18.8. The Bertz CT molecular complexity index is 839. The molecule has 130 valence electrons. The van der Waals surface area contributed by atoms with Crippen LogP contribution >= 0.6 is 0 Å². The lowest BCUT2D eigenvalue weighted by Gasteiger charge is -2.32. The van der Waals surface area contributed by atoms with Gasteiger partial charge in [-0.05, 0) is 25.2 Å². The summed E-state index contributed by atoms with van der Waals surface area (Å²) < 4.78 is 25.3. The van der Waals surface area contributed by atoms with E-state index in [2.05, 4.69) is 15.2 Å². The fourth-order valence-electron chi connectivity index (χ4n) is 3.19. The molecule has 0 aliphatic carbocycles. The van der Waals surface area contributed by atoms with E-state index < -0.39 is 9.84 Å². The number of aromatic amines is 1. The average Bonchev–Trinajstić information content (AvgIpc) is 3.15. The molecule has 2 aromatic heterocycles. The van der Waals surface area contributed by atoms with Crippen LogP contribution in [0.2, 0.25) is 0 Å². The lowest BCUT2D eigenvalue weighted by atomic mass is 9.93. The Kier molecular flexibility index (Phi) is 4.44. The summed E-state index contributed by atoms with van der Waals surface area (Å²) in [6.45, 7) is 1.29. The van der Waals surface area contributed by atoms with E-state index in [9.17, 15) is 13.2 Å². The molecular weight excluding hydrogens is 330 g/mol. The first-order valence-corrected chi connectivity index (χ1v) is 9.74. The van der Waals surface area contributed by atoms with E-state index in [1.54, 1.807) is 28.9 Å². The van der Waals surface area contributed by atoms with Crippen molar-refractivity contribution in [3.8, 4) is 0 Å². The van der Waals surface area contributed by atoms with Crippen molar-refractivity contribution in [1.29, 1.82) is 0 Å². The predicted molar refractivity (Wildman–Crippen MR) is 87.2 cm³/mol. The van der Waals surface area contributed by atoms with Crippen molar-refractivity contribution in [1.82, 2.24) is 24.6 Å². The maximum atomic E-state index is 12.6. The number of sulfone groups is 1. The van der Waals surface area contributed by atoms with Crippen molar-refractivity contribution in [2.75, 3.05) is 19.3 Å². The summed E-state index contributed by atoms with van der Waals surface area (Å²) in [5.41, 5.74) is 0.619. The maximum absolute atomic E-state index is 12.6. The molecule has 2 aromatic rings. The van der Waals surface area contributed by atoms with E-state index >= 15 is 0 Å². The highest BCUT2D eigenvalue weighted by Gasteiger charge is 2.28. The third-order valence-corrected chi connectivity index (χ3v) is 5.54. The molecule has 24 heavy (non-hydrogen) atoms. The van der Waals surface area contributed by atoms with E-state index in [0.717, 1.165) is 12.8 Å². The lowest BCUT2D eigenvalue weighted by Crippen LogP contribution is -2.41. The zero-order valence-electron chi connectivity index (χ0n) is 13.8. The van der Waals surface area contributed by atoms with Gasteiger partial charge in [0.1, 0.15) is 4.90 Å². The summed E-state index contributed by atoms with van der Waals surface area (Å²) in [6.07, 6.45) is 8.29. The molecule has 0 radical (unpaired) electrons. The number of hydrogen-bond acceptors (Lipinski definition) is 5. The Balaban J connectivity index is 1.72. The number of nitrogens with zero attached hydrogens (tertiary/aromatic N) is 4. The lowest BCUT2D eigenvalue weighted by molar-refractivity contribution is 0.0656. The van der Waals surface area contributed by atoms with Gasteiger partial charge in [0.25, 0.3) is 5.91 Å². The van der Waals surface area contributed by atoms with Gasteiger partial charge in [-0.2, -0.15) is 5.10 Å². The Labute approximate surface area is 140 Å². The van der Waals surface area contributed by atoms with Crippen LogP contribution in [0.3, 0.4) is 0 Å². The summed E-state index contributed by atoms with van der Waals surface area (Å²) in [7, 11) is -1.50. The van der Waals surface area contributed by atoms with E-state index in [-0.39, 0.29) is 16.7 Å². The number of carbonyl (C=O) groups is 1. The number of hydrogen-bond donors (Lipinski definition) is 1. The first kappa shape index (κ1) is 16.7. The van der Waals surface area contributed by atoms with E-state index in [1.165, 1.54) is 12.5 Å². The Hall–Kier alpha value is -2.16. The van der Waals surface area contributed by atoms with Crippen molar-refractivity contribution < 1.29 is 13.2 Å². The molecule has 0 bridgehead atoms. The number of aromatic nitrogens is 4. The van der Waals surface area contributed by atoms with E-state index in [1.807, 2.05) is 0 Å². The maximum Gasteiger partial charge on any atom is 0.289 e. The fraction of sp³-hybridized carbons (Fsp3) is 0.533. The topological polar surface area (TPSA) is 101 Å². The second-order valence-corrected chi connectivity index (χ2v) is 8.29. The largest absolute Gasteiger partial charge is 0.336 e. The molecule has 0 unspecified atom stereocenters. The van der Waals surface area contributed by atoms with Gasteiger partial charge < -0.3 is 9.47 Å². The number of H-pyrrole nitrogens is 1. The molecule has 1 amide bonds. The number of piperidine rings is 1. The minimum Gasteiger partial charge on any atom is -0.336 e. The van der Waals surface area contributed by atoms with Gasteiger partial charge in [-0.25, -0.2) is 13.4 Å². The zero-order valence-corrected chi connectivity index (χ0v) is 14.6. The van der Waals surface area contributed by atoms with Crippen LogP contribution in [0.5, 0.6) is 0 Å². The van der Waals surface area contributed by atoms with Crippen molar-refractivity contribution >= 4 is 15.7 Å². The first-order chi connectivity index (χ1) is 11.4.